The molecule has 1 aliphatic rings. The van der Waals surface area contributed by atoms with Gasteiger partial charge in [-0.05, 0) is 41.1 Å². The summed E-state index contributed by atoms with van der Waals surface area (Å²) >= 11 is 0. The van der Waals surface area contributed by atoms with Gasteiger partial charge in [0, 0.05) is 37.3 Å². The van der Waals surface area contributed by atoms with Gasteiger partial charge in [0.05, 0.1) is 0 Å². The minimum atomic E-state index is 1.06. The second-order valence-corrected chi connectivity index (χ2v) is 5.88. The number of rotatable bonds is 1. The highest BCUT2D eigenvalue weighted by molar-refractivity contribution is 5.87. The van der Waals surface area contributed by atoms with Crippen molar-refractivity contribution in [3.63, 3.8) is 0 Å². The van der Waals surface area contributed by atoms with Crippen molar-refractivity contribution in [3.8, 4) is 11.1 Å². The van der Waals surface area contributed by atoms with Crippen LogP contribution in [0.3, 0.4) is 0 Å². The molecule has 21 heavy (non-hydrogen) atoms. The van der Waals surface area contributed by atoms with Gasteiger partial charge < -0.3 is 9.88 Å². The highest BCUT2D eigenvalue weighted by Crippen LogP contribution is 2.29. The fourth-order valence-corrected chi connectivity index (χ4v) is 3.38. The van der Waals surface area contributed by atoms with Crippen molar-refractivity contribution in [1.29, 1.82) is 0 Å². The summed E-state index contributed by atoms with van der Waals surface area (Å²) < 4.78 is 2.48. The molecule has 0 atom stereocenters. The lowest BCUT2D eigenvalue weighted by atomic mass is 10.00. The van der Waals surface area contributed by atoms with Crippen molar-refractivity contribution in [1.82, 2.24) is 9.88 Å². The van der Waals surface area contributed by atoms with Gasteiger partial charge in [-0.1, -0.05) is 36.4 Å². The molecule has 0 saturated carbocycles. The molecule has 0 radical (unpaired) electrons. The molecular weight excluding hydrogens is 256 g/mol. The molecule has 2 heterocycles. The number of hydrogen-bond donors (Lipinski definition) is 1. The van der Waals surface area contributed by atoms with Gasteiger partial charge in [-0.3, -0.25) is 0 Å². The molecular formula is C19H20N2. The van der Waals surface area contributed by atoms with E-state index in [0.717, 1.165) is 26.1 Å². The summed E-state index contributed by atoms with van der Waals surface area (Å²) in [7, 11) is 0. The van der Waals surface area contributed by atoms with Crippen molar-refractivity contribution in [2.75, 3.05) is 13.1 Å². The van der Waals surface area contributed by atoms with Crippen LogP contribution in [0.15, 0.2) is 48.5 Å². The van der Waals surface area contributed by atoms with Crippen LogP contribution in [-0.4, -0.2) is 17.7 Å². The van der Waals surface area contributed by atoms with Crippen molar-refractivity contribution in [3.05, 3.63) is 59.8 Å². The highest BCUT2D eigenvalue weighted by atomic mass is 15.0. The van der Waals surface area contributed by atoms with Crippen LogP contribution in [0, 0.1) is 6.92 Å². The lowest BCUT2D eigenvalue weighted by Crippen LogP contribution is -2.17. The van der Waals surface area contributed by atoms with Crippen molar-refractivity contribution < 1.29 is 0 Å². The van der Waals surface area contributed by atoms with Gasteiger partial charge in [-0.2, -0.15) is 0 Å². The average Bonchev–Trinajstić information content (AvgIpc) is 2.68. The maximum Gasteiger partial charge on any atom is 0.0489 e. The molecule has 2 nitrogen and oxygen atoms in total. The Morgan fingerprint density at radius 2 is 1.90 bits per heavy atom. The van der Waals surface area contributed by atoms with Crippen molar-refractivity contribution in [2.45, 2.75) is 19.9 Å². The molecule has 4 rings (SSSR count). The zero-order valence-corrected chi connectivity index (χ0v) is 12.4. The lowest BCUT2D eigenvalue weighted by molar-refractivity contribution is 0.658. The maximum absolute atomic E-state index is 3.48. The third kappa shape index (κ3) is 2.16. The van der Waals surface area contributed by atoms with Crippen LogP contribution < -0.4 is 5.32 Å². The molecule has 0 fully saturated rings. The van der Waals surface area contributed by atoms with E-state index >= 15 is 0 Å². The number of nitrogens with one attached hydrogen (secondary N) is 1. The van der Waals surface area contributed by atoms with E-state index in [1.165, 1.54) is 33.3 Å². The second-order valence-electron chi connectivity index (χ2n) is 5.88. The number of nitrogens with zero attached hydrogens (tertiary/aromatic N) is 1. The van der Waals surface area contributed by atoms with E-state index in [1.807, 2.05) is 0 Å². The third-order valence-corrected chi connectivity index (χ3v) is 4.52. The SMILES string of the molecule is Cc1ccccc1-c1ccc2cc3n(c2c1)CCNCC3. The molecule has 1 aromatic heterocycles. The van der Waals surface area contributed by atoms with Crippen LogP contribution >= 0.6 is 0 Å². The first-order valence-corrected chi connectivity index (χ1v) is 7.72. The summed E-state index contributed by atoms with van der Waals surface area (Å²) in [5.74, 6) is 0. The van der Waals surface area contributed by atoms with Crippen LogP contribution in [0.25, 0.3) is 22.0 Å². The number of fused-ring (bicyclic) bond motifs is 3. The molecule has 1 N–H and O–H groups in total. The predicted octanol–water partition coefficient (Wildman–Crippen LogP) is 3.76. The third-order valence-electron chi connectivity index (χ3n) is 4.52. The standard InChI is InChI=1S/C19H20N2/c1-14-4-2-3-5-18(14)15-6-7-16-12-17-8-9-20-10-11-21(17)19(16)13-15/h2-7,12-13,20H,8-11H2,1H3. The Morgan fingerprint density at radius 3 is 2.81 bits per heavy atom. The van der Waals surface area contributed by atoms with E-state index in [1.54, 1.807) is 0 Å². The van der Waals surface area contributed by atoms with Crippen molar-refractivity contribution >= 4 is 10.9 Å². The topological polar surface area (TPSA) is 17.0 Å². The monoisotopic (exact) mass is 276 g/mol. The summed E-state index contributed by atoms with van der Waals surface area (Å²) in [4.78, 5) is 0. The molecule has 0 unspecified atom stereocenters. The molecule has 3 aromatic rings. The van der Waals surface area contributed by atoms with Crippen LogP contribution in [0.1, 0.15) is 11.3 Å². The van der Waals surface area contributed by atoms with Crippen molar-refractivity contribution in [2.24, 2.45) is 0 Å². The summed E-state index contributed by atoms with van der Waals surface area (Å²) in [5, 5.41) is 4.84. The molecule has 0 saturated heterocycles. The average molecular weight is 276 g/mol. The minimum absolute atomic E-state index is 1.06. The summed E-state index contributed by atoms with van der Waals surface area (Å²) in [6.45, 7) is 5.39. The van der Waals surface area contributed by atoms with Crippen LogP contribution in [-0.2, 0) is 13.0 Å². The first-order chi connectivity index (χ1) is 10.3. The summed E-state index contributed by atoms with van der Waals surface area (Å²) in [5.41, 5.74) is 6.81. The molecule has 106 valence electrons. The Kier molecular flexibility index (Phi) is 3.04. The van der Waals surface area contributed by atoms with E-state index in [-0.39, 0.29) is 0 Å². The van der Waals surface area contributed by atoms with E-state index in [0.29, 0.717) is 0 Å². The fraction of sp³-hybridized carbons (Fsp3) is 0.263. The lowest BCUT2D eigenvalue weighted by Gasteiger charge is -2.09. The number of aryl methyl sites for hydroxylation is 1. The Labute approximate surface area is 125 Å². The molecule has 2 heteroatoms. The smallest absolute Gasteiger partial charge is 0.0489 e. The summed E-state index contributed by atoms with van der Waals surface area (Å²) in [6.07, 6.45) is 1.12. The normalized spacial score (nSPS) is 14.9. The number of benzene rings is 2. The van der Waals surface area contributed by atoms with Gasteiger partial charge in [0.15, 0.2) is 0 Å². The van der Waals surface area contributed by atoms with Gasteiger partial charge in [0.25, 0.3) is 0 Å². The molecule has 1 aliphatic heterocycles. The van der Waals surface area contributed by atoms with Gasteiger partial charge in [0.2, 0.25) is 0 Å². The Balaban J connectivity index is 1.90. The van der Waals surface area contributed by atoms with Gasteiger partial charge in [-0.25, -0.2) is 0 Å². The van der Waals surface area contributed by atoms with Crippen LogP contribution in [0.4, 0.5) is 0 Å². The van der Waals surface area contributed by atoms with E-state index in [9.17, 15) is 0 Å². The van der Waals surface area contributed by atoms with Crippen LogP contribution in [0.2, 0.25) is 0 Å². The minimum Gasteiger partial charge on any atom is -0.343 e. The molecule has 0 amide bonds. The first-order valence-electron chi connectivity index (χ1n) is 7.72. The zero-order valence-electron chi connectivity index (χ0n) is 12.4. The highest BCUT2D eigenvalue weighted by Gasteiger charge is 2.12. The molecule has 0 bridgehead atoms. The Hall–Kier alpha value is -2.06. The second kappa shape index (κ2) is 5.05. The number of aromatic nitrogens is 1. The largest absolute Gasteiger partial charge is 0.343 e. The molecule has 0 spiro atoms. The van der Waals surface area contributed by atoms with E-state index in [4.69, 9.17) is 0 Å². The summed E-state index contributed by atoms with van der Waals surface area (Å²) in [6, 6.07) is 17.8. The fourth-order valence-electron chi connectivity index (χ4n) is 3.38. The Morgan fingerprint density at radius 1 is 1.00 bits per heavy atom. The maximum atomic E-state index is 3.48. The first kappa shape index (κ1) is 12.7. The quantitative estimate of drug-likeness (QED) is 0.716. The van der Waals surface area contributed by atoms with E-state index in [2.05, 4.69) is 65.3 Å². The molecule has 0 aliphatic carbocycles. The van der Waals surface area contributed by atoms with Crippen LogP contribution in [0.5, 0.6) is 0 Å². The van der Waals surface area contributed by atoms with E-state index < -0.39 is 0 Å². The van der Waals surface area contributed by atoms with Gasteiger partial charge in [-0.15, -0.1) is 0 Å². The zero-order chi connectivity index (χ0) is 14.2. The predicted molar refractivity (Wildman–Crippen MR) is 88.7 cm³/mol. The molecule has 2 aromatic carbocycles. The van der Waals surface area contributed by atoms with Gasteiger partial charge in [0.1, 0.15) is 0 Å². The van der Waals surface area contributed by atoms with Gasteiger partial charge >= 0.3 is 0 Å². The Bertz CT molecular complexity index is 798. The number of hydrogen-bond acceptors (Lipinski definition) is 1.